The maximum atomic E-state index is 13.1. The fourth-order valence-electron chi connectivity index (χ4n) is 2.78. The molecule has 4 aromatic rings. The van der Waals surface area contributed by atoms with E-state index in [-0.39, 0.29) is 5.91 Å². The van der Waals surface area contributed by atoms with Crippen LogP contribution in [-0.4, -0.2) is 26.1 Å². The summed E-state index contributed by atoms with van der Waals surface area (Å²) in [7, 11) is 0. The van der Waals surface area contributed by atoms with Gasteiger partial charge in [0, 0.05) is 10.6 Å². The van der Waals surface area contributed by atoms with Gasteiger partial charge in [0.2, 0.25) is 11.1 Å². The van der Waals surface area contributed by atoms with Crippen molar-refractivity contribution in [2.45, 2.75) is 23.9 Å². The number of aromatic nitrogens is 4. The number of carbonyl (C=O) groups is 1. The van der Waals surface area contributed by atoms with Crippen LogP contribution in [0.4, 0.5) is 5.69 Å². The molecule has 6 nitrogen and oxygen atoms in total. The molecule has 0 bridgehead atoms. The van der Waals surface area contributed by atoms with Gasteiger partial charge in [-0.05, 0) is 46.5 Å². The van der Waals surface area contributed by atoms with Crippen molar-refractivity contribution in [2.75, 3.05) is 5.32 Å². The van der Waals surface area contributed by atoms with Crippen LogP contribution in [0, 0.1) is 6.92 Å². The highest BCUT2D eigenvalue weighted by Crippen LogP contribution is 2.35. The van der Waals surface area contributed by atoms with Crippen molar-refractivity contribution in [3.05, 3.63) is 88.1 Å². The third kappa shape index (κ3) is 4.90. The van der Waals surface area contributed by atoms with Crippen molar-refractivity contribution in [2.24, 2.45) is 0 Å². The zero-order valence-electron chi connectivity index (χ0n) is 15.7. The number of hydrogen-bond donors (Lipinski definition) is 1. The Bertz CT molecular complexity index is 1060. The second-order valence-corrected chi connectivity index (χ2v) is 8.57. The van der Waals surface area contributed by atoms with Crippen molar-refractivity contribution in [1.82, 2.24) is 20.2 Å². The molecule has 0 fully saturated rings. The maximum Gasteiger partial charge on any atom is 0.242 e. The zero-order valence-corrected chi connectivity index (χ0v) is 17.4. The van der Waals surface area contributed by atoms with Gasteiger partial charge in [-0.1, -0.05) is 65.9 Å². The molecular weight excluding hydrogens is 402 g/mol. The number of thioether (sulfide) groups is 1. The molecule has 0 saturated heterocycles. The zero-order chi connectivity index (χ0) is 20.1. The van der Waals surface area contributed by atoms with Gasteiger partial charge in [0.15, 0.2) is 0 Å². The minimum absolute atomic E-state index is 0.115. The first-order valence-electron chi connectivity index (χ1n) is 9.07. The van der Waals surface area contributed by atoms with Crippen LogP contribution < -0.4 is 5.32 Å². The van der Waals surface area contributed by atoms with Crippen LogP contribution in [0.2, 0.25) is 0 Å². The number of hydrogen-bond acceptors (Lipinski definition) is 6. The van der Waals surface area contributed by atoms with Gasteiger partial charge in [-0.3, -0.25) is 4.79 Å². The van der Waals surface area contributed by atoms with Crippen molar-refractivity contribution in [1.29, 1.82) is 0 Å². The van der Waals surface area contributed by atoms with Gasteiger partial charge in [-0.2, -0.15) is 0 Å². The molecule has 1 atom stereocenters. The molecule has 1 N–H and O–H groups in total. The molecule has 0 aliphatic rings. The first-order valence-corrected chi connectivity index (χ1v) is 10.8. The second-order valence-electron chi connectivity index (χ2n) is 6.46. The number of aryl methyl sites for hydroxylation is 1. The fraction of sp³-hybridized carbons (Fsp3) is 0.143. The van der Waals surface area contributed by atoms with Crippen LogP contribution >= 0.6 is 23.1 Å². The van der Waals surface area contributed by atoms with E-state index in [1.165, 1.54) is 11.8 Å². The molecule has 0 spiro atoms. The highest BCUT2D eigenvalue weighted by atomic mass is 32.2. The molecule has 0 aliphatic carbocycles. The van der Waals surface area contributed by atoms with Gasteiger partial charge in [0.1, 0.15) is 5.25 Å². The van der Waals surface area contributed by atoms with Crippen LogP contribution in [0.1, 0.15) is 21.3 Å². The first kappa shape index (κ1) is 19.4. The number of anilines is 1. The van der Waals surface area contributed by atoms with Crippen molar-refractivity contribution in [3.8, 4) is 0 Å². The van der Waals surface area contributed by atoms with Crippen LogP contribution in [0.25, 0.3) is 0 Å². The molecule has 2 aromatic heterocycles. The Hall–Kier alpha value is -2.97. The Balaban J connectivity index is 1.58. The molecule has 8 heteroatoms. The summed E-state index contributed by atoms with van der Waals surface area (Å²) in [5.41, 5.74) is 2.80. The number of rotatable bonds is 7. The van der Waals surface area contributed by atoms with Gasteiger partial charge in [-0.25, -0.2) is 4.68 Å². The van der Waals surface area contributed by atoms with Gasteiger partial charge in [-0.15, -0.1) is 16.4 Å². The lowest BCUT2D eigenvalue weighted by Gasteiger charge is -2.16. The summed E-state index contributed by atoms with van der Waals surface area (Å²) >= 11 is 3.00. The number of nitrogens with one attached hydrogen (secondary N) is 1. The van der Waals surface area contributed by atoms with E-state index in [2.05, 4.69) is 20.8 Å². The van der Waals surface area contributed by atoms with E-state index in [1.807, 2.05) is 79.0 Å². The highest BCUT2D eigenvalue weighted by Gasteiger charge is 2.25. The number of tetrazole rings is 1. The summed E-state index contributed by atoms with van der Waals surface area (Å²) in [4.78, 5) is 14.3. The largest absolute Gasteiger partial charge is 0.325 e. The van der Waals surface area contributed by atoms with Crippen LogP contribution in [0.5, 0.6) is 0 Å². The first-order chi connectivity index (χ1) is 14.2. The summed E-state index contributed by atoms with van der Waals surface area (Å²) < 4.78 is 1.73. The monoisotopic (exact) mass is 421 g/mol. The van der Waals surface area contributed by atoms with Crippen LogP contribution in [0.3, 0.4) is 0 Å². The Morgan fingerprint density at radius 2 is 1.90 bits per heavy atom. The summed E-state index contributed by atoms with van der Waals surface area (Å²) in [6.45, 7) is 2.59. The van der Waals surface area contributed by atoms with E-state index in [4.69, 9.17) is 0 Å². The Kier molecular flexibility index (Phi) is 6.02. The molecule has 4 rings (SSSR count). The smallest absolute Gasteiger partial charge is 0.242 e. The van der Waals surface area contributed by atoms with E-state index in [1.54, 1.807) is 16.0 Å². The Morgan fingerprint density at radius 3 is 2.62 bits per heavy atom. The fourth-order valence-corrected chi connectivity index (χ4v) is 4.44. The lowest BCUT2D eigenvalue weighted by atomic mass is 10.1. The second kappa shape index (κ2) is 9.02. The SMILES string of the molecule is Cc1ccc(NC(=O)C(Sc2nnnn2Cc2cccs2)c2ccccc2)cc1. The molecule has 0 radical (unpaired) electrons. The molecule has 1 unspecified atom stereocenters. The minimum atomic E-state index is -0.481. The van der Waals surface area contributed by atoms with E-state index in [0.717, 1.165) is 21.7 Å². The minimum Gasteiger partial charge on any atom is -0.325 e. The van der Waals surface area contributed by atoms with E-state index >= 15 is 0 Å². The number of benzene rings is 2. The van der Waals surface area contributed by atoms with Gasteiger partial charge < -0.3 is 5.32 Å². The molecule has 0 aliphatic heterocycles. The molecule has 0 saturated carbocycles. The molecule has 2 aromatic carbocycles. The summed E-state index contributed by atoms with van der Waals surface area (Å²) in [5, 5.41) is 17.2. The molecule has 29 heavy (non-hydrogen) atoms. The van der Waals surface area contributed by atoms with E-state index in [9.17, 15) is 4.79 Å². The lowest BCUT2D eigenvalue weighted by Crippen LogP contribution is -2.19. The lowest BCUT2D eigenvalue weighted by molar-refractivity contribution is -0.115. The van der Waals surface area contributed by atoms with E-state index < -0.39 is 5.25 Å². The topological polar surface area (TPSA) is 72.7 Å². The predicted octanol–water partition coefficient (Wildman–Crippen LogP) is 4.56. The number of amides is 1. The quantitative estimate of drug-likeness (QED) is 0.443. The predicted molar refractivity (Wildman–Crippen MR) is 116 cm³/mol. The van der Waals surface area contributed by atoms with E-state index in [0.29, 0.717) is 11.7 Å². The maximum absolute atomic E-state index is 13.1. The van der Waals surface area contributed by atoms with Gasteiger partial charge >= 0.3 is 0 Å². The average Bonchev–Trinajstić information content (AvgIpc) is 3.41. The van der Waals surface area contributed by atoms with Crippen molar-refractivity contribution < 1.29 is 4.79 Å². The van der Waals surface area contributed by atoms with Gasteiger partial charge in [0.05, 0.1) is 6.54 Å². The van der Waals surface area contributed by atoms with Gasteiger partial charge in [0.25, 0.3) is 0 Å². The highest BCUT2D eigenvalue weighted by molar-refractivity contribution is 8.00. The molecule has 1 amide bonds. The molecular formula is C21H19N5OS2. The Morgan fingerprint density at radius 1 is 1.10 bits per heavy atom. The summed E-state index contributed by atoms with van der Waals surface area (Å²) in [6.07, 6.45) is 0. The Labute approximate surface area is 177 Å². The standard InChI is InChI=1S/C21H19N5OS2/c1-15-9-11-17(12-10-15)22-20(27)19(16-6-3-2-4-7-16)29-21-23-24-25-26(21)14-18-8-5-13-28-18/h2-13,19H,14H2,1H3,(H,22,27). The molecule has 2 heterocycles. The third-order valence-electron chi connectivity index (χ3n) is 4.27. The summed E-state index contributed by atoms with van der Waals surface area (Å²) in [5.74, 6) is -0.115. The van der Waals surface area contributed by atoms with Crippen molar-refractivity contribution >= 4 is 34.7 Å². The average molecular weight is 422 g/mol. The van der Waals surface area contributed by atoms with Crippen molar-refractivity contribution in [3.63, 3.8) is 0 Å². The number of thiophene rings is 1. The van der Waals surface area contributed by atoms with Crippen LogP contribution in [-0.2, 0) is 11.3 Å². The molecule has 146 valence electrons. The third-order valence-corrected chi connectivity index (χ3v) is 6.35. The number of carbonyl (C=O) groups excluding carboxylic acids is 1. The normalized spacial score (nSPS) is 11.9. The number of nitrogens with zero attached hydrogens (tertiary/aromatic N) is 4. The van der Waals surface area contributed by atoms with Crippen LogP contribution in [0.15, 0.2) is 77.3 Å². The summed E-state index contributed by atoms with van der Waals surface area (Å²) in [6, 6.07) is 21.5.